The molecule has 3 nitrogen and oxygen atoms in total. The maximum atomic E-state index is 13.4. The van der Waals surface area contributed by atoms with Crippen molar-refractivity contribution < 1.29 is 8.81 Å². The molecule has 1 aromatic carbocycles. The molecule has 72 valence electrons. The monoisotopic (exact) mass is 192 g/mol. The van der Waals surface area contributed by atoms with Crippen LogP contribution in [0.25, 0.3) is 11.3 Å². The van der Waals surface area contributed by atoms with E-state index in [0.29, 0.717) is 22.7 Å². The van der Waals surface area contributed by atoms with Gasteiger partial charge in [0.05, 0.1) is 11.3 Å². The highest BCUT2D eigenvalue weighted by Crippen LogP contribution is 2.26. The fourth-order valence-corrected chi connectivity index (χ4v) is 1.28. The van der Waals surface area contributed by atoms with Crippen molar-refractivity contribution in [3.63, 3.8) is 0 Å². The van der Waals surface area contributed by atoms with Crippen LogP contribution in [0.2, 0.25) is 0 Å². The molecule has 2 N–H and O–H groups in total. The lowest BCUT2D eigenvalue weighted by atomic mass is 10.1. The molecular weight excluding hydrogens is 183 g/mol. The number of aromatic nitrogens is 1. The van der Waals surface area contributed by atoms with Crippen LogP contribution in [0.1, 0.15) is 5.69 Å². The predicted octanol–water partition coefficient (Wildman–Crippen LogP) is 2.37. The molecule has 0 amide bonds. The van der Waals surface area contributed by atoms with Crippen LogP contribution in [0.15, 0.2) is 29.0 Å². The summed E-state index contributed by atoms with van der Waals surface area (Å²) in [5, 5.41) is 0. The third-order valence-corrected chi connectivity index (χ3v) is 1.98. The first kappa shape index (κ1) is 8.74. The molecule has 14 heavy (non-hydrogen) atoms. The molecule has 4 heteroatoms. The number of hydrogen-bond donors (Lipinski definition) is 1. The number of rotatable bonds is 1. The van der Waals surface area contributed by atoms with Gasteiger partial charge in [-0.15, -0.1) is 0 Å². The Morgan fingerprint density at radius 2 is 2.21 bits per heavy atom. The summed E-state index contributed by atoms with van der Waals surface area (Å²) in [6, 6.07) is 4.47. The van der Waals surface area contributed by atoms with E-state index in [1.54, 1.807) is 19.1 Å². The molecule has 0 saturated heterocycles. The molecule has 0 spiro atoms. The molecule has 0 aliphatic heterocycles. The standard InChI is InChI=1S/C10H9FN2O/c1-6-10(14-5-13-6)8-3-2-7(12)4-9(8)11/h2-5H,12H2,1H3. The Morgan fingerprint density at radius 1 is 1.43 bits per heavy atom. The number of benzene rings is 1. The van der Waals surface area contributed by atoms with E-state index in [1.165, 1.54) is 12.5 Å². The van der Waals surface area contributed by atoms with Gasteiger partial charge in [-0.2, -0.15) is 0 Å². The second-order valence-corrected chi connectivity index (χ2v) is 3.01. The lowest BCUT2D eigenvalue weighted by Crippen LogP contribution is -1.89. The zero-order valence-electron chi connectivity index (χ0n) is 7.62. The molecule has 1 aromatic heterocycles. The van der Waals surface area contributed by atoms with Crippen LogP contribution in [-0.2, 0) is 0 Å². The van der Waals surface area contributed by atoms with Crippen LogP contribution in [0.5, 0.6) is 0 Å². The Hall–Kier alpha value is -1.84. The van der Waals surface area contributed by atoms with Crippen molar-refractivity contribution in [3.05, 3.63) is 36.1 Å². The van der Waals surface area contributed by atoms with Gasteiger partial charge >= 0.3 is 0 Å². The van der Waals surface area contributed by atoms with Crippen LogP contribution in [-0.4, -0.2) is 4.98 Å². The van der Waals surface area contributed by atoms with Gasteiger partial charge in [-0.3, -0.25) is 0 Å². The molecule has 0 atom stereocenters. The molecule has 0 saturated carbocycles. The van der Waals surface area contributed by atoms with E-state index >= 15 is 0 Å². The highest BCUT2D eigenvalue weighted by molar-refractivity contribution is 5.63. The Morgan fingerprint density at radius 3 is 2.79 bits per heavy atom. The number of oxazole rings is 1. The van der Waals surface area contributed by atoms with Crippen LogP contribution in [0, 0.1) is 12.7 Å². The summed E-state index contributed by atoms with van der Waals surface area (Å²) in [7, 11) is 0. The maximum absolute atomic E-state index is 13.4. The van der Waals surface area contributed by atoms with Crippen LogP contribution in [0.4, 0.5) is 10.1 Å². The second-order valence-electron chi connectivity index (χ2n) is 3.01. The van der Waals surface area contributed by atoms with Crippen molar-refractivity contribution in [1.82, 2.24) is 4.98 Å². The second kappa shape index (κ2) is 3.14. The minimum atomic E-state index is -0.398. The van der Waals surface area contributed by atoms with Crippen molar-refractivity contribution in [3.8, 4) is 11.3 Å². The van der Waals surface area contributed by atoms with Crippen molar-refractivity contribution in [1.29, 1.82) is 0 Å². The molecule has 0 fully saturated rings. The van der Waals surface area contributed by atoms with Gasteiger partial charge < -0.3 is 10.2 Å². The first-order chi connectivity index (χ1) is 6.68. The van der Waals surface area contributed by atoms with E-state index in [9.17, 15) is 4.39 Å². The fourth-order valence-electron chi connectivity index (χ4n) is 1.28. The van der Waals surface area contributed by atoms with E-state index in [1.807, 2.05) is 0 Å². The van der Waals surface area contributed by atoms with Crippen LogP contribution >= 0.6 is 0 Å². The van der Waals surface area contributed by atoms with Crippen molar-refractivity contribution in [2.75, 3.05) is 5.73 Å². The van der Waals surface area contributed by atoms with Gasteiger partial charge in [0.1, 0.15) is 5.82 Å². The Labute approximate surface area is 80.4 Å². The molecular formula is C10H9FN2O. The summed E-state index contributed by atoms with van der Waals surface area (Å²) in [6.07, 6.45) is 1.29. The zero-order valence-corrected chi connectivity index (χ0v) is 7.62. The van der Waals surface area contributed by atoms with Gasteiger partial charge in [-0.05, 0) is 25.1 Å². The summed E-state index contributed by atoms with van der Waals surface area (Å²) < 4.78 is 18.5. The third kappa shape index (κ3) is 1.35. The Kier molecular flexibility index (Phi) is 1.96. The van der Waals surface area contributed by atoms with Crippen molar-refractivity contribution in [2.24, 2.45) is 0 Å². The van der Waals surface area contributed by atoms with E-state index in [4.69, 9.17) is 10.2 Å². The highest BCUT2D eigenvalue weighted by atomic mass is 19.1. The number of hydrogen-bond acceptors (Lipinski definition) is 3. The zero-order chi connectivity index (χ0) is 10.1. The van der Waals surface area contributed by atoms with E-state index < -0.39 is 5.82 Å². The van der Waals surface area contributed by atoms with E-state index in [-0.39, 0.29) is 0 Å². The number of halogens is 1. The van der Waals surface area contributed by atoms with Crippen molar-refractivity contribution >= 4 is 5.69 Å². The molecule has 0 aliphatic rings. The summed E-state index contributed by atoms with van der Waals surface area (Å²) in [5.74, 6) is 0.0485. The lowest BCUT2D eigenvalue weighted by Gasteiger charge is -2.00. The molecule has 1 heterocycles. The fraction of sp³-hybridized carbons (Fsp3) is 0.100. The Balaban J connectivity index is 2.58. The van der Waals surface area contributed by atoms with Gasteiger partial charge in [0, 0.05) is 5.69 Å². The normalized spacial score (nSPS) is 10.4. The van der Waals surface area contributed by atoms with Gasteiger partial charge in [0.15, 0.2) is 12.2 Å². The number of anilines is 1. The number of nitrogens with two attached hydrogens (primary N) is 1. The van der Waals surface area contributed by atoms with Gasteiger partial charge in [-0.25, -0.2) is 9.37 Å². The largest absolute Gasteiger partial charge is 0.443 e. The lowest BCUT2D eigenvalue weighted by molar-refractivity contribution is 0.561. The summed E-state index contributed by atoms with van der Waals surface area (Å²) in [5.41, 5.74) is 6.87. The first-order valence-electron chi connectivity index (χ1n) is 4.14. The summed E-state index contributed by atoms with van der Waals surface area (Å²) >= 11 is 0. The number of nitrogen functional groups attached to an aromatic ring is 1. The smallest absolute Gasteiger partial charge is 0.181 e. The maximum Gasteiger partial charge on any atom is 0.181 e. The molecule has 0 unspecified atom stereocenters. The van der Waals surface area contributed by atoms with E-state index in [0.717, 1.165) is 0 Å². The predicted molar refractivity (Wildman–Crippen MR) is 51.0 cm³/mol. The molecule has 2 aromatic rings. The van der Waals surface area contributed by atoms with Gasteiger partial charge in [0.25, 0.3) is 0 Å². The molecule has 0 aliphatic carbocycles. The summed E-state index contributed by atoms with van der Waals surface area (Å²) in [6.45, 7) is 1.76. The summed E-state index contributed by atoms with van der Waals surface area (Å²) in [4.78, 5) is 3.89. The van der Waals surface area contributed by atoms with E-state index in [2.05, 4.69) is 4.98 Å². The average Bonchev–Trinajstić information content (AvgIpc) is 2.52. The topological polar surface area (TPSA) is 52.0 Å². The number of nitrogens with zero attached hydrogens (tertiary/aromatic N) is 1. The molecule has 0 radical (unpaired) electrons. The quantitative estimate of drug-likeness (QED) is 0.705. The highest BCUT2D eigenvalue weighted by Gasteiger charge is 2.11. The van der Waals surface area contributed by atoms with Crippen molar-refractivity contribution in [2.45, 2.75) is 6.92 Å². The minimum absolute atomic E-state index is 0.384. The Bertz CT molecular complexity index is 465. The van der Waals surface area contributed by atoms with Crippen LogP contribution < -0.4 is 5.73 Å². The van der Waals surface area contributed by atoms with Gasteiger partial charge in [-0.1, -0.05) is 0 Å². The molecule has 0 bridgehead atoms. The first-order valence-corrected chi connectivity index (χ1v) is 4.14. The average molecular weight is 192 g/mol. The molecule has 2 rings (SSSR count). The van der Waals surface area contributed by atoms with Gasteiger partial charge in [0.2, 0.25) is 0 Å². The number of aryl methyl sites for hydroxylation is 1. The third-order valence-electron chi connectivity index (χ3n) is 1.98. The SMILES string of the molecule is Cc1ncoc1-c1ccc(N)cc1F. The minimum Gasteiger partial charge on any atom is -0.443 e. The van der Waals surface area contributed by atoms with Crippen LogP contribution in [0.3, 0.4) is 0 Å².